The zero-order valence-corrected chi connectivity index (χ0v) is 16.0. The molecule has 1 heterocycles. The standard InChI is InChI=1S/C23H24N2O3/c1-2-25(15-18-8-5-7-17-6-3-4-9-20(17)18)16-23(26)24-19-10-11-21-22(14-19)28-13-12-27-21/h3-11,14H,2,12-13,15-16H2,1H3,(H,24,26). The molecule has 0 aliphatic carbocycles. The lowest BCUT2D eigenvalue weighted by Crippen LogP contribution is -2.32. The molecule has 1 aliphatic heterocycles. The van der Waals surface area contributed by atoms with E-state index in [2.05, 4.69) is 53.5 Å². The summed E-state index contributed by atoms with van der Waals surface area (Å²) in [4.78, 5) is 14.7. The molecule has 0 spiro atoms. The Morgan fingerprint density at radius 1 is 1.00 bits per heavy atom. The van der Waals surface area contributed by atoms with Crippen molar-refractivity contribution >= 4 is 22.4 Å². The molecule has 0 atom stereocenters. The molecule has 3 aromatic carbocycles. The van der Waals surface area contributed by atoms with Crippen LogP contribution in [0.2, 0.25) is 0 Å². The van der Waals surface area contributed by atoms with E-state index in [1.807, 2.05) is 24.3 Å². The molecule has 3 aromatic rings. The maximum atomic E-state index is 12.6. The molecule has 4 rings (SSSR count). The summed E-state index contributed by atoms with van der Waals surface area (Å²) in [6.07, 6.45) is 0. The molecule has 0 unspecified atom stereocenters. The first-order valence-electron chi connectivity index (χ1n) is 9.61. The van der Waals surface area contributed by atoms with Gasteiger partial charge in [-0.15, -0.1) is 0 Å². The summed E-state index contributed by atoms with van der Waals surface area (Å²) in [5.74, 6) is 1.35. The van der Waals surface area contributed by atoms with Crippen molar-refractivity contribution in [2.75, 3.05) is 31.6 Å². The van der Waals surface area contributed by atoms with Crippen molar-refractivity contribution in [3.63, 3.8) is 0 Å². The summed E-state index contributed by atoms with van der Waals surface area (Å²) in [6, 6.07) is 20.1. The highest BCUT2D eigenvalue weighted by atomic mass is 16.6. The number of anilines is 1. The van der Waals surface area contributed by atoms with Gasteiger partial charge in [0.1, 0.15) is 13.2 Å². The van der Waals surface area contributed by atoms with Crippen molar-refractivity contribution in [2.24, 2.45) is 0 Å². The van der Waals surface area contributed by atoms with Gasteiger partial charge in [-0.25, -0.2) is 0 Å². The number of hydrogen-bond donors (Lipinski definition) is 1. The van der Waals surface area contributed by atoms with E-state index in [1.54, 1.807) is 0 Å². The normalized spacial score (nSPS) is 12.9. The average molecular weight is 376 g/mol. The molecular formula is C23H24N2O3. The van der Waals surface area contributed by atoms with Gasteiger partial charge in [0.25, 0.3) is 0 Å². The molecule has 144 valence electrons. The minimum atomic E-state index is -0.0428. The highest BCUT2D eigenvalue weighted by Gasteiger charge is 2.15. The van der Waals surface area contributed by atoms with Gasteiger partial charge >= 0.3 is 0 Å². The molecule has 5 nitrogen and oxygen atoms in total. The third-order valence-corrected chi connectivity index (χ3v) is 4.91. The van der Waals surface area contributed by atoms with Crippen LogP contribution in [0.4, 0.5) is 5.69 Å². The average Bonchev–Trinajstić information content (AvgIpc) is 2.73. The van der Waals surface area contributed by atoms with Crippen LogP contribution in [-0.2, 0) is 11.3 Å². The zero-order valence-electron chi connectivity index (χ0n) is 16.0. The maximum absolute atomic E-state index is 12.6. The predicted octanol–water partition coefficient (Wildman–Crippen LogP) is 4.07. The molecule has 1 N–H and O–H groups in total. The largest absolute Gasteiger partial charge is 0.486 e. The van der Waals surface area contributed by atoms with Crippen molar-refractivity contribution in [3.8, 4) is 11.5 Å². The summed E-state index contributed by atoms with van der Waals surface area (Å²) < 4.78 is 11.1. The number of fused-ring (bicyclic) bond motifs is 2. The SMILES string of the molecule is CCN(CC(=O)Nc1ccc2c(c1)OCCO2)Cc1cccc2ccccc12. The molecule has 28 heavy (non-hydrogen) atoms. The van der Waals surface area contributed by atoms with Gasteiger partial charge in [0, 0.05) is 18.3 Å². The van der Waals surface area contributed by atoms with Crippen molar-refractivity contribution in [1.82, 2.24) is 4.90 Å². The molecule has 0 saturated carbocycles. The van der Waals surface area contributed by atoms with Crippen molar-refractivity contribution in [3.05, 3.63) is 66.2 Å². The number of likely N-dealkylation sites (N-methyl/N-ethyl adjacent to an activating group) is 1. The second-order valence-electron chi connectivity index (χ2n) is 6.85. The number of nitrogens with one attached hydrogen (secondary N) is 1. The Balaban J connectivity index is 1.42. The van der Waals surface area contributed by atoms with E-state index in [9.17, 15) is 4.79 Å². The first kappa shape index (κ1) is 18.3. The lowest BCUT2D eigenvalue weighted by atomic mass is 10.0. The third-order valence-electron chi connectivity index (χ3n) is 4.91. The lowest BCUT2D eigenvalue weighted by Gasteiger charge is -2.22. The molecular weight excluding hydrogens is 352 g/mol. The monoisotopic (exact) mass is 376 g/mol. The van der Waals surface area contributed by atoms with Crippen molar-refractivity contribution < 1.29 is 14.3 Å². The van der Waals surface area contributed by atoms with Gasteiger partial charge < -0.3 is 14.8 Å². The van der Waals surface area contributed by atoms with Gasteiger partial charge in [-0.2, -0.15) is 0 Å². The van der Waals surface area contributed by atoms with Crippen LogP contribution in [0.25, 0.3) is 10.8 Å². The van der Waals surface area contributed by atoms with Gasteiger partial charge in [-0.05, 0) is 35.0 Å². The molecule has 1 amide bonds. The molecule has 0 bridgehead atoms. The van der Waals surface area contributed by atoms with Crippen LogP contribution in [0.5, 0.6) is 11.5 Å². The Hall–Kier alpha value is -3.05. The van der Waals surface area contributed by atoms with Crippen LogP contribution in [-0.4, -0.2) is 37.1 Å². The van der Waals surface area contributed by atoms with Gasteiger partial charge in [-0.1, -0.05) is 49.4 Å². The van der Waals surface area contributed by atoms with Gasteiger partial charge in [-0.3, -0.25) is 9.69 Å². The summed E-state index contributed by atoms with van der Waals surface area (Å²) >= 11 is 0. The van der Waals surface area contributed by atoms with Crippen LogP contribution >= 0.6 is 0 Å². The summed E-state index contributed by atoms with van der Waals surface area (Å²) in [7, 11) is 0. The van der Waals surface area contributed by atoms with Crippen LogP contribution in [0.15, 0.2) is 60.7 Å². The summed E-state index contributed by atoms with van der Waals surface area (Å²) in [5, 5.41) is 5.41. The molecule has 0 fully saturated rings. The minimum Gasteiger partial charge on any atom is -0.486 e. The number of carbonyl (C=O) groups is 1. The number of hydrogen-bond acceptors (Lipinski definition) is 4. The first-order chi connectivity index (χ1) is 13.7. The number of nitrogens with zero attached hydrogens (tertiary/aromatic N) is 1. The lowest BCUT2D eigenvalue weighted by molar-refractivity contribution is -0.117. The Morgan fingerprint density at radius 3 is 2.64 bits per heavy atom. The van der Waals surface area contributed by atoms with E-state index < -0.39 is 0 Å². The van der Waals surface area contributed by atoms with E-state index >= 15 is 0 Å². The Morgan fingerprint density at radius 2 is 1.79 bits per heavy atom. The highest BCUT2D eigenvalue weighted by molar-refractivity contribution is 5.92. The first-order valence-corrected chi connectivity index (χ1v) is 9.61. The van der Waals surface area contributed by atoms with E-state index in [0.717, 1.165) is 24.5 Å². The zero-order chi connectivity index (χ0) is 19.3. The topological polar surface area (TPSA) is 50.8 Å². The van der Waals surface area contributed by atoms with Crippen LogP contribution in [0, 0.1) is 0 Å². The predicted molar refractivity (Wildman–Crippen MR) is 111 cm³/mol. The van der Waals surface area contributed by atoms with E-state index in [-0.39, 0.29) is 5.91 Å². The van der Waals surface area contributed by atoms with Gasteiger partial charge in [0.15, 0.2) is 11.5 Å². The fourth-order valence-corrected chi connectivity index (χ4v) is 3.48. The molecule has 0 radical (unpaired) electrons. The third kappa shape index (κ3) is 4.10. The summed E-state index contributed by atoms with van der Waals surface area (Å²) in [5.41, 5.74) is 1.95. The number of benzene rings is 3. The highest BCUT2D eigenvalue weighted by Crippen LogP contribution is 2.32. The molecule has 0 aromatic heterocycles. The van der Waals surface area contributed by atoms with Crippen molar-refractivity contribution in [2.45, 2.75) is 13.5 Å². The number of rotatable bonds is 6. The fourth-order valence-electron chi connectivity index (χ4n) is 3.48. The number of ether oxygens (including phenoxy) is 2. The Bertz CT molecular complexity index is 981. The Kier molecular flexibility index (Phi) is 5.44. The van der Waals surface area contributed by atoms with Crippen molar-refractivity contribution in [1.29, 1.82) is 0 Å². The van der Waals surface area contributed by atoms with E-state index in [4.69, 9.17) is 9.47 Å². The van der Waals surface area contributed by atoms with Crippen LogP contribution in [0.3, 0.4) is 0 Å². The minimum absolute atomic E-state index is 0.0428. The van der Waals surface area contributed by atoms with Gasteiger partial charge in [0.2, 0.25) is 5.91 Å². The number of carbonyl (C=O) groups excluding carboxylic acids is 1. The van der Waals surface area contributed by atoms with Crippen LogP contribution in [0.1, 0.15) is 12.5 Å². The molecule has 1 aliphatic rings. The van der Waals surface area contributed by atoms with Gasteiger partial charge in [0.05, 0.1) is 6.54 Å². The molecule has 0 saturated heterocycles. The smallest absolute Gasteiger partial charge is 0.238 e. The quantitative estimate of drug-likeness (QED) is 0.705. The van der Waals surface area contributed by atoms with Crippen LogP contribution < -0.4 is 14.8 Å². The second kappa shape index (κ2) is 8.31. The van der Waals surface area contributed by atoms with E-state index in [0.29, 0.717) is 25.5 Å². The Labute approximate surface area is 164 Å². The fraction of sp³-hybridized carbons (Fsp3) is 0.261. The molecule has 5 heteroatoms. The number of amides is 1. The maximum Gasteiger partial charge on any atom is 0.238 e. The second-order valence-corrected chi connectivity index (χ2v) is 6.85. The van der Waals surface area contributed by atoms with E-state index in [1.165, 1.54) is 16.3 Å². The summed E-state index contributed by atoms with van der Waals surface area (Å²) in [6.45, 7) is 5.00.